The number of nitrogens with two attached hydrogens (primary N) is 1. The summed E-state index contributed by atoms with van der Waals surface area (Å²) in [5, 5.41) is 0. The van der Waals surface area contributed by atoms with Crippen LogP contribution < -0.4 is 5.73 Å². The van der Waals surface area contributed by atoms with Gasteiger partial charge >= 0.3 is 0 Å². The second kappa shape index (κ2) is 3.92. The average molecular weight is 198 g/mol. The molecule has 2 N–H and O–H groups in total. The molecule has 1 aromatic heterocycles. The van der Waals surface area contributed by atoms with Crippen LogP contribution >= 0.6 is 0 Å². The molecular weight excluding hydrogens is 188 g/mol. The average Bonchev–Trinajstić information content (AvgIpc) is 2.30. The quantitative estimate of drug-likeness (QED) is 0.752. The van der Waals surface area contributed by atoms with E-state index in [9.17, 15) is 4.79 Å². The largest absolute Gasteiger partial charge is 0.396 e. The van der Waals surface area contributed by atoms with Gasteiger partial charge in [-0.2, -0.15) is 0 Å². The van der Waals surface area contributed by atoms with Crippen molar-refractivity contribution in [1.29, 1.82) is 0 Å². The van der Waals surface area contributed by atoms with Gasteiger partial charge in [0.15, 0.2) is 6.29 Å². The van der Waals surface area contributed by atoms with E-state index in [4.69, 9.17) is 5.73 Å². The van der Waals surface area contributed by atoms with Crippen molar-refractivity contribution in [2.45, 2.75) is 0 Å². The second-order valence-corrected chi connectivity index (χ2v) is 3.15. The molecule has 0 atom stereocenters. The van der Waals surface area contributed by atoms with E-state index in [1.165, 1.54) is 0 Å². The summed E-state index contributed by atoms with van der Waals surface area (Å²) in [6.07, 6.45) is 2.33. The van der Waals surface area contributed by atoms with Crippen LogP contribution in [-0.2, 0) is 0 Å². The van der Waals surface area contributed by atoms with E-state index in [-0.39, 0.29) is 0 Å². The van der Waals surface area contributed by atoms with E-state index in [2.05, 4.69) is 4.98 Å². The van der Waals surface area contributed by atoms with Gasteiger partial charge in [-0.25, -0.2) is 0 Å². The van der Waals surface area contributed by atoms with Crippen molar-refractivity contribution in [3.63, 3.8) is 0 Å². The Morgan fingerprint density at radius 2 is 1.87 bits per heavy atom. The normalized spacial score (nSPS) is 9.87. The topological polar surface area (TPSA) is 56.0 Å². The van der Waals surface area contributed by atoms with Crippen molar-refractivity contribution in [2.24, 2.45) is 0 Å². The maximum Gasteiger partial charge on any atom is 0.152 e. The van der Waals surface area contributed by atoms with Crippen LogP contribution in [0, 0.1) is 0 Å². The van der Waals surface area contributed by atoms with Crippen molar-refractivity contribution in [2.75, 3.05) is 5.73 Å². The van der Waals surface area contributed by atoms with E-state index < -0.39 is 0 Å². The van der Waals surface area contributed by atoms with Crippen LogP contribution in [0.1, 0.15) is 10.4 Å². The van der Waals surface area contributed by atoms with Gasteiger partial charge in [0.2, 0.25) is 0 Å². The summed E-state index contributed by atoms with van der Waals surface area (Å²) in [7, 11) is 0. The van der Waals surface area contributed by atoms with E-state index in [1.807, 2.05) is 30.3 Å². The fourth-order valence-corrected chi connectivity index (χ4v) is 1.42. The molecule has 0 aliphatic heterocycles. The molecule has 15 heavy (non-hydrogen) atoms. The number of pyridine rings is 1. The monoisotopic (exact) mass is 198 g/mol. The predicted molar refractivity (Wildman–Crippen MR) is 59.5 cm³/mol. The van der Waals surface area contributed by atoms with Gasteiger partial charge in [-0.15, -0.1) is 0 Å². The summed E-state index contributed by atoms with van der Waals surface area (Å²) in [6.45, 7) is 0. The third-order valence-electron chi connectivity index (χ3n) is 2.20. The third-order valence-corrected chi connectivity index (χ3v) is 2.20. The SMILES string of the molecule is Nc1c(C=O)ccnc1-c1ccccc1. The van der Waals surface area contributed by atoms with Crippen molar-refractivity contribution in [3.05, 3.63) is 48.2 Å². The number of nitrogen functional groups attached to an aromatic ring is 1. The summed E-state index contributed by atoms with van der Waals surface area (Å²) in [5.74, 6) is 0. The Morgan fingerprint density at radius 1 is 1.13 bits per heavy atom. The molecule has 2 rings (SSSR count). The highest BCUT2D eigenvalue weighted by atomic mass is 16.1. The van der Waals surface area contributed by atoms with Gasteiger partial charge in [0.25, 0.3) is 0 Å². The Hall–Kier alpha value is -2.16. The minimum Gasteiger partial charge on any atom is -0.396 e. The van der Waals surface area contributed by atoms with Crippen LogP contribution in [0.5, 0.6) is 0 Å². The summed E-state index contributed by atoms with van der Waals surface area (Å²) < 4.78 is 0. The molecule has 3 heteroatoms. The molecule has 2 aromatic rings. The fourth-order valence-electron chi connectivity index (χ4n) is 1.42. The molecule has 3 nitrogen and oxygen atoms in total. The smallest absolute Gasteiger partial charge is 0.152 e. The number of nitrogens with zero attached hydrogens (tertiary/aromatic N) is 1. The third kappa shape index (κ3) is 1.72. The molecule has 0 aliphatic rings. The van der Waals surface area contributed by atoms with E-state index in [0.29, 0.717) is 16.9 Å². The van der Waals surface area contributed by atoms with Crippen LogP contribution in [0.2, 0.25) is 0 Å². The number of rotatable bonds is 2. The molecule has 0 aliphatic carbocycles. The van der Waals surface area contributed by atoms with Gasteiger partial charge in [0.1, 0.15) is 0 Å². The highest BCUT2D eigenvalue weighted by molar-refractivity contribution is 5.89. The van der Waals surface area contributed by atoms with Crippen molar-refractivity contribution >= 4 is 12.0 Å². The second-order valence-electron chi connectivity index (χ2n) is 3.15. The lowest BCUT2D eigenvalue weighted by Crippen LogP contribution is -1.98. The van der Waals surface area contributed by atoms with Gasteiger partial charge in [0, 0.05) is 17.3 Å². The summed E-state index contributed by atoms with van der Waals surface area (Å²) in [6, 6.07) is 11.2. The number of hydrogen-bond donors (Lipinski definition) is 1. The zero-order valence-electron chi connectivity index (χ0n) is 8.05. The highest BCUT2D eigenvalue weighted by Crippen LogP contribution is 2.24. The molecule has 0 bridgehead atoms. The minimum absolute atomic E-state index is 0.429. The van der Waals surface area contributed by atoms with Crippen LogP contribution in [0.4, 0.5) is 5.69 Å². The highest BCUT2D eigenvalue weighted by Gasteiger charge is 2.06. The van der Waals surface area contributed by atoms with Crippen molar-refractivity contribution in [1.82, 2.24) is 4.98 Å². The fraction of sp³-hybridized carbons (Fsp3) is 0. The van der Waals surface area contributed by atoms with Crippen LogP contribution in [-0.4, -0.2) is 11.3 Å². The first-order valence-corrected chi connectivity index (χ1v) is 4.58. The van der Waals surface area contributed by atoms with Gasteiger partial charge in [-0.3, -0.25) is 9.78 Å². The molecule has 0 fully saturated rings. The maximum atomic E-state index is 10.7. The van der Waals surface area contributed by atoms with Crippen LogP contribution in [0.3, 0.4) is 0 Å². The molecule has 1 heterocycles. The molecule has 0 saturated heterocycles. The molecule has 0 radical (unpaired) electrons. The van der Waals surface area contributed by atoms with Gasteiger partial charge in [-0.1, -0.05) is 30.3 Å². The number of carbonyl (C=O) groups excluding carboxylic acids is 1. The minimum atomic E-state index is 0.429. The number of carbonyl (C=O) groups is 1. The van der Waals surface area contributed by atoms with Gasteiger partial charge in [-0.05, 0) is 6.07 Å². The van der Waals surface area contributed by atoms with E-state index in [1.54, 1.807) is 12.3 Å². The summed E-state index contributed by atoms with van der Waals surface area (Å²) >= 11 is 0. The lowest BCUT2D eigenvalue weighted by Gasteiger charge is -2.05. The standard InChI is InChI=1S/C12H10N2O/c13-11-10(8-15)6-7-14-12(11)9-4-2-1-3-5-9/h1-8H,13H2. The zero-order chi connectivity index (χ0) is 10.7. The molecule has 0 amide bonds. The van der Waals surface area contributed by atoms with E-state index >= 15 is 0 Å². The lowest BCUT2D eigenvalue weighted by molar-refractivity contribution is 0.112. The van der Waals surface area contributed by atoms with Crippen molar-refractivity contribution in [3.8, 4) is 11.3 Å². The summed E-state index contributed by atoms with van der Waals surface area (Å²) in [4.78, 5) is 14.9. The molecule has 74 valence electrons. The molecule has 0 saturated carbocycles. The van der Waals surface area contributed by atoms with Gasteiger partial charge < -0.3 is 5.73 Å². The lowest BCUT2D eigenvalue weighted by atomic mass is 10.1. The number of hydrogen-bond acceptors (Lipinski definition) is 3. The first-order chi connectivity index (χ1) is 7.33. The van der Waals surface area contributed by atoms with Crippen molar-refractivity contribution < 1.29 is 4.79 Å². The Kier molecular flexibility index (Phi) is 2.46. The number of benzene rings is 1. The number of aldehydes is 1. The Labute approximate surface area is 87.6 Å². The molecule has 1 aromatic carbocycles. The summed E-state index contributed by atoms with van der Waals surface area (Å²) in [5.41, 5.74) is 8.31. The Bertz CT molecular complexity index is 480. The maximum absolute atomic E-state index is 10.7. The zero-order valence-corrected chi connectivity index (χ0v) is 8.05. The molecule has 0 spiro atoms. The Morgan fingerprint density at radius 3 is 2.53 bits per heavy atom. The van der Waals surface area contributed by atoms with E-state index in [0.717, 1.165) is 11.8 Å². The first kappa shape index (κ1) is 9.40. The number of anilines is 1. The first-order valence-electron chi connectivity index (χ1n) is 4.58. The molecule has 0 unspecified atom stereocenters. The van der Waals surface area contributed by atoms with Gasteiger partial charge in [0.05, 0.1) is 11.4 Å². The number of aromatic nitrogens is 1. The van der Waals surface area contributed by atoms with Crippen LogP contribution in [0.25, 0.3) is 11.3 Å². The Balaban J connectivity index is 2.59. The predicted octanol–water partition coefficient (Wildman–Crippen LogP) is 2.14. The molecular formula is C12H10N2O. The van der Waals surface area contributed by atoms with Crippen LogP contribution in [0.15, 0.2) is 42.6 Å².